The summed E-state index contributed by atoms with van der Waals surface area (Å²) in [5.41, 5.74) is 1.86. The molecule has 0 radical (unpaired) electrons. The highest BCUT2D eigenvalue weighted by atomic mass is 19.3. The average Bonchev–Trinajstić information content (AvgIpc) is 3.28. The maximum atomic E-state index is 12.3. The molecule has 2 aromatic carbocycles. The van der Waals surface area contributed by atoms with E-state index in [0.29, 0.717) is 5.56 Å². The van der Waals surface area contributed by atoms with Crippen molar-refractivity contribution < 1.29 is 27.8 Å². The Labute approximate surface area is 172 Å². The molecular weight excluding hydrogens is 394 g/mol. The minimum absolute atomic E-state index is 0.0406. The minimum atomic E-state index is -2.89. The maximum Gasteiger partial charge on any atom is 0.387 e. The first-order valence-electron chi connectivity index (χ1n) is 9.10. The summed E-state index contributed by atoms with van der Waals surface area (Å²) in [5, 5.41) is 0. The van der Waals surface area contributed by atoms with Crippen molar-refractivity contribution in [3.8, 4) is 11.4 Å². The molecule has 1 amide bonds. The molecule has 0 aliphatic carbocycles. The van der Waals surface area contributed by atoms with Crippen LogP contribution in [0.3, 0.4) is 0 Å². The third-order valence-corrected chi connectivity index (χ3v) is 4.31. The zero-order valence-corrected chi connectivity index (χ0v) is 16.2. The predicted octanol–water partition coefficient (Wildman–Crippen LogP) is 3.89. The van der Waals surface area contributed by atoms with Gasteiger partial charge in [-0.2, -0.15) is 8.78 Å². The van der Waals surface area contributed by atoms with Gasteiger partial charge in [-0.25, -0.2) is 4.79 Å². The van der Waals surface area contributed by atoms with Crippen LogP contribution >= 0.6 is 0 Å². The average molecular weight is 414 g/mol. The molecular formula is C22H20F2N2O4. The highest BCUT2D eigenvalue weighted by Crippen LogP contribution is 2.16. The number of likely N-dealkylation sites (N-methyl/N-ethyl adjacent to an activating group) is 1. The van der Waals surface area contributed by atoms with Crippen molar-refractivity contribution in [2.75, 3.05) is 13.7 Å². The van der Waals surface area contributed by atoms with E-state index >= 15 is 0 Å². The van der Waals surface area contributed by atoms with E-state index in [1.807, 2.05) is 35.2 Å². The lowest BCUT2D eigenvalue weighted by atomic mass is 10.2. The minimum Gasteiger partial charge on any atom is -0.452 e. The van der Waals surface area contributed by atoms with Crippen LogP contribution in [0, 0.1) is 0 Å². The predicted molar refractivity (Wildman–Crippen MR) is 106 cm³/mol. The van der Waals surface area contributed by atoms with E-state index in [2.05, 4.69) is 4.74 Å². The summed E-state index contributed by atoms with van der Waals surface area (Å²) in [4.78, 5) is 26.0. The molecule has 1 aromatic heterocycles. The summed E-state index contributed by atoms with van der Waals surface area (Å²) in [6, 6.07) is 16.6. The molecule has 156 valence electrons. The highest BCUT2D eigenvalue weighted by Gasteiger charge is 2.15. The monoisotopic (exact) mass is 414 g/mol. The van der Waals surface area contributed by atoms with E-state index in [1.165, 1.54) is 17.0 Å². The fourth-order valence-corrected chi connectivity index (χ4v) is 2.76. The molecule has 0 N–H and O–H groups in total. The molecule has 0 fully saturated rings. The number of carbonyl (C=O) groups is 2. The summed E-state index contributed by atoms with van der Waals surface area (Å²) < 4.78 is 35.7. The van der Waals surface area contributed by atoms with Crippen LogP contribution in [0.5, 0.6) is 5.75 Å². The van der Waals surface area contributed by atoms with E-state index in [0.717, 1.165) is 11.3 Å². The highest BCUT2D eigenvalue weighted by molar-refractivity contribution is 5.91. The molecule has 0 spiro atoms. The number of hydrogen-bond acceptors (Lipinski definition) is 4. The standard InChI is InChI=1S/C22H20F2N2O4/c1-25(14-16-7-9-19(10-8-16)30-22(23)24)20(27)15-29-21(28)17-5-4-6-18(13-17)26-11-2-3-12-26/h2-13,22H,14-15H2,1H3. The number of esters is 1. The third-order valence-electron chi connectivity index (χ3n) is 4.31. The molecule has 8 heteroatoms. The van der Waals surface area contributed by atoms with Gasteiger partial charge in [0.1, 0.15) is 5.75 Å². The van der Waals surface area contributed by atoms with Crippen molar-refractivity contribution in [3.63, 3.8) is 0 Å². The van der Waals surface area contributed by atoms with E-state index in [-0.39, 0.29) is 12.3 Å². The van der Waals surface area contributed by atoms with Crippen LogP contribution < -0.4 is 4.74 Å². The maximum absolute atomic E-state index is 12.3. The quantitative estimate of drug-likeness (QED) is 0.525. The second-order valence-corrected chi connectivity index (χ2v) is 6.49. The van der Waals surface area contributed by atoms with Gasteiger partial charge < -0.3 is 18.9 Å². The molecule has 0 saturated carbocycles. The van der Waals surface area contributed by atoms with E-state index in [1.54, 1.807) is 37.4 Å². The molecule has 6 nitrogen and oxygen atoms in total. The zero-order chi connectivity index (χ0) is 21.5. The van der Waals surface area contributed by atoms with Gasteiger partial charge in [0.15, 0.2) is 6.61 Å². The van der Waals surface area contributed by atoms with Crippen molar-refractivity contribution in [1.29, 1.82) is 0 Å². The Bertz CT molecular complexity index is 989. The van der Waals surface area contributed by atoms with Crippen molar-refractivity contribution in [1.82, 2.24) is 9.47 Å². The van der Waals surface area contributed by atoms with Gasteiger partial charge >= 0.3 is 12.6 Å². The largest absolute Gasteiger partial charge is 0.452 e. The molecule has 0 unspecified atom stereocenters. The Kier molecular flexibility index (Phi) is 6.79. The van der Waals surface area contributed by atoms with Gasteiger partial charge in [-0.15, -0.1) is 0 Å². The Hall–Kier alpha value is -3.68. The first-order valence-corrected chi connectivity index (χ1v) is 9.10. The molecule has 0 saturated heterocycles. The van der Waals surface area contributed by atoms with Crippen LogP contribution in [0.1, 0.15) is 15.9 Å². The van der Waals surface area contributed by atoms with Crippen molar-refractivity contribution in [3.05, 3.63) is 84.2 Å². The fourth-order valence-electron chi connectivity index (χ4n) is 2.76. The molecule has 3 aromatic rings. The van der Waals surface area contributed by atoms with Crippen LogP contribution in [-0.2, 0) is 16.1 Å². The molecule has 1 heterocycles. The van der Waals surface area contributed by atoms with Crippen LogP contribution in [0.2, 0.25) is 0 Å². The Balaban J connectivity index is 1.52. The van der Waals surface area contributed by atoms with Crippen LogP contribution in [-0.4, -0.2) is 41.6 Å². The number of benzene rings is 2. The first-order chi connectivity index (χ1) is 14.4. The number of alkyl halides is 2. The topological polar surface area (TPSA) is 60.8 Å². The van der Waals surface area contributed by atoms with Gasteiger partial charge in [-0.1, -0.05) is 18.2 Å². The fraction of sp³-hybridized carbons (Fsp3) is 0.182. The molecule has 0 atom stereocenters. The normalized spacial score (nSPS) is 10.7. The van der Waals surface area contributed by atoms with Crippen LogP contribution in [0.15, 0.2) is 73.1 Å². The number of carbonyl (C=O) groups excluding carboxylic acids is 2. The Morgan fingerprint density at radius 2 is 1.73 bits per heavy atom. The first kappa shape index (κ1) is 21.0. The van der Waals surface area contributed by atoms with Gasteiger partial charge in [0.25, 0.3) is 5.91 Å². The number of aromatic nitrogens is 1. The number of ether oxygens (including phenoxy) is 2. The van der Waals surface area contributed by atoms with Crippen molar-refractivity contribution in [2.45, 2.75) is 13.2 Å². The van der Waals surface area contributed by atoms with Gasteiger partial charge in [0.05, 0.1) is 5.56 Å². The number of amides is 1. The Morgan fingerprint density at radius 1 is 1.03 bits per heavy atom. The summed E-state index contributed by atoms with van der Waals surface area (Å²) in [7, 11) is 1.56. The molecule has 0 aliphatic rings. The van der Waals surface area contributed by atoms with Gasteiger partial charge in [0.2, 0.25) is 0 Å². The van der Waals surface area contributed by atoms with E-state index in [4.69, 9.17) is 4.74 Å². The van der Waals surface area contributed by atoms with Crippen molar-refractivity contribution >= 4 is 11.9 Å². The van der Waals surface area contributed by atoms with Gasteiger partial charge in [-0.3, -0.25) is 4.79 Å². The SMILES string of the molecule is CN(Cc1ccc(OC(F)F)cc1)C(=O)COC(=O)c1cccc(-n2cccc2)c1. The lowest BCUT2D eigenvalue weighted by Crippen LogP contribution is -2.30. The van der Waals surface area contributed by atoms with E-state index in [9.17, 15) is 18.4 Å². The van der Waals surface area contributed by atoms with Gasteiger partial charge in [0, 0.05) is 31.7 Å². The summed E-state index contributed by atoms with van der Waals surface area (Å²) in [5.74, 6) is -0.948. The number of nitrogens with zero attached hydrogens (tertiary/aromatic N) is 2. The number of halogens is 2. The molecule has 0 bridgehead atoms. The van der Waals surface area contributed by atoms with E-state index < -0.39 is 25.1 Å². The van der Waals surface area contributed by atoms with Crippen LogP contribution in [0.4, 0.5) is 8.78 Å². The smallest absolute Gasteiger partial charge is 0.387 e. The molecule has 3 rings (SSSR count). The lowest BCUT2D eigenvalue weighted by molar-refractivity contribution is -0.133. The molecule has 0 aliphatic heterocycles. The number of rotatable bonds is 8. The molecule has 30 heavy (non-hydrogen) atoms. The summed E-state index contributed by atoms with van der Waals surface area (Å²) in [6.45, 7) is -3.07. The summed E-state index contributed by atoms with van der Waals surface area (Å²) >= 11 is 0. The second kappa shape index (κ2) is 9.69. The van der Waals surface area contributed by atoms with Gasteiger partial charge in [-0.05, 0) is 48.0 Å². The lowest BCUT2D eigenvalue weighted by Gasteiger charge is -2.17. The second-order valence-electron chi connectivity index (χ2n) is 6.49. The van der Waals surface area contributed by atoms with Crippen molar-refractivity contribution in [2.24, 2.45) is 0 Å². The summed E-state index contributed by atoms with van der Waals surface area (Å²) in [6.07, 6.45) is 3.71. The zero-order valence-electron chi connectivity index (χ0n) is 16.2. The third kappa shape index (κ3) is 5.66. The van der Waals surface area contributed by atoms with Crippen LogP contribution in [0.25, 0.3) is 5.69 Å². The Morgan fingerprint density at radius 3 is 2.40 bits per heavy atom. The number of hydrogen-bond donors (Lipinski definition) is 0.